The highest BCUT2D eigenvalue weighted by Crippen LogP contribution is 2.20. The van der Waals surface area contributed by atoms with E-state index in [-0.39, 0.29) is 17.9 Å². The number of thiol groups is 1. The number of piperidine rings is 1. The molecule has 0 aromatic heterocycles. The lowest BCUT2D eigenvalue weighted by Crippen LogP contribution is -2.54. The Kier molecular flexibility index (Phi) is 5.95. The van der Waals surface area contributed by atoms with Crippen LogP contribution in [0.5, 0.6) is 0 Å². The Balaban J connectivity index is 2.62. The highest BCUT2D eigenvalue weighted by atomic mass is 32.1. The summed E-state index contributed by atoms with van der Waals surface area (Å²) in [6.45, 7) is 4.82. The van der Waals surface area contributed by atoms with Crippen LogP contribution in [0.3, 0.4) is 0 Å². The summed E-state index contributed by atoms with van der Waals surface area (Å²) in [6, 6.07) is -0.545. The molecule has 2 amide bonds. The minimum absolute atomic E-state index is 0.0700. The molecule has 1 heterocycles. The zero-order valence-corrected chi connectivity index (χ0v) is 12.1. The second-order valence-electron chi connectivity index (χ2n) is 4.76. The predicted octanol–water partition coefficient (Wildman–Crippen LogP) is 0.304. The fourth-order valence-corrected chi connectivity index (χ4v) is 2.44. The van der Waals surface area contributed by atoms with Crippen LogP contribution in [0.25, 0.3) is 0 Å². The molecule has 1 aliphatic rings. The molecule has 1 saturated heterocycles. The van der Waals surface area contributed by atoms with Crippen molar-refractivity contribution in [1.29, 1.82) is 0 Å². The van der Waals surface area contributed by atoms with Gasteiger partial charge in [0.05, 0.1) is 6.10 Å². The first-order chi connectivity index (χ1) is 8.49. The summed E-state index contributed by atoms with van der Waals surface area (Å²) in [5.41, 5.74) is 0. The lowest BCUT2D eigenvalue weighted by molar-refractivity contribution is -0.139. The van der Waals surface area contributed by atoms with Crippen molar-refractivity contribution in [2.75, 3.05) is 26.0 Å². The van der Waals surface area contributed by atoms with E-state index in [1.54, 1.807) is 12.0 Å². The van der Waals surface area contributed by atoms with Gasteiger partial charge < -0.3 is 15.0 Å². The average molecular weight is 274 g/mol. The van der Waals surface area contributed by atoms with Crippen LogP contribution < -0.4 is 5.32 Å². The number of nitrogens with zero attached hydrogens (tertiary/aromatic N) is 1. The molecule has 0 spiro atoms. The molecule has 3 unspecified atom stereocenters. The highest BCUT2D eigenvalue weighted by Gasteiger charge is 2.31. The smallest absolute Gasteiger partial charge is 0.246 e. The summed E-state index contributed by atoms with van der Waals surface area (Å²) in [7, 11) is 1.67. The van der Waals surface area contributed by atoms with Crippen LogP contribution >= 0.6 is 12.6 Å². The maximum atomic E-state index is 12.2. The van der Waals surface area contributed by atoms with Crippen molar-refractivity contribution in [3.05, 3.63) is 0 Å². The Bertz CT molecular complexity index is 312. The molecule has 0 aliphatic carbocycles. The van der Waals surface area contributed by atoms with E-state index in [0.717, 1.165) is 6.42 Å². The number of hydrogen-bond donors (Lipinski definition) is 2. The van der Waals surface area contributed by atoms with Crippen molar-refractivity contribution in [1.82, 2.24) is 10.2 Å². The van der Waals surface area contributed by atoms with E-state index < -0.39 is 6.04 Å². The molecular formula is C12H22N2O3S. The molecule has 0 radical (unpaired) electrons. The summed E-state index contributed by atoms with van der Waals surface area (Å²) in [4.78, 5) is 25.0. The maximum absolute atomic E-state index is 12.2. The minimum atomic E-state index is -0.545. The molecular weight excluding hydrogens is 252 g/mol. The lowest BCUT2D eigenvalue weighted by atomic mass is 9.95. The van der Waals surface area contributed by atoms with Gasteiger partial charge in [-0.15, -0.1) is 0 Å². The topological polar surface area (TPSA) is 58.6 Å². The summed E-state index contributed by atoms with van der Waals surface area (Å²) < 4.78 is 5.38. The molecule has 104 valence electrons. The van der Waals surface area contributed by atoms with Crippen LogP contribution in [0.2, 0.25) is 0 Å². The van der Waals surface area contributed by atoms with E-state index >= 15 is 0 Å². The third kappa shape index (κ3) is 3.88. The monoisotopic (exact) mass is 274 g/mol. The van der Waals surface area contributed by atoms with Gasteiger partial charge in [-0.3, -0.25) is 9.59 Å². The molecule has 3 atom stereocenters. The minimum Gasteiger partial charge on any atom is -0.379 e. The molecule has 1 aliphatic heterocycles. The molecule has 0 saturated carbocycles. The zero-order valence-electron chi connectivity index (χ0n) is 11.2. The van der Waals surface area contributed by atoms with Gasteiger partial charge in [-0.25, -0.2) is 0 Å². The van der Waals surface area contributed by atoms with Gasteiger partial charge in [-0.05, 0) is 12.3 Å². The zero-order chi connectivity index (χ0) is 13.7. The van der Waals surface area contributed by atoms with Crippen LogP contribution in [0.1, 0.15) is 20.3 Å². The van der Waals surface area contributed by atoms with Crippen LogP contribution in [-0.2, 0) is 14.3 Å². The van der Waals surface area contributed by atoms with Gasteiger partial charge in [-0.2, -0.15) is 12.6 Å². The number of carbonyl (C=O) groups is 2. The molecule has 1 N–H and O–H groups in total. The van der Waals surface area contributed by atoms with Gasteiger partial charge in [0.15, 0.2) is 0 Å². The number of likely N-dealkylation sites (tertiary alicyclic amines) is 1. The molecule has 6 heteroatoms. The Morgan fingerprint density at radius 1 is 1.56 bits per heavy atom. The number of amides is 2. The maximum Gasteiger partial charge on any atom is 0.246 e. The second-order valence-corrected chi connectivity index (χ2v) is 5.13. The van der Waals surface area contributed by atoms with Gasteiger partial charge in [0.1, 0.15) is 6.04 Å². The Morgan fingerprint density at radius 3 is 2.72 bits per heavy atom. The van der Waals surface area contributed by atoms with Crippen molar-refractivity contribution in [3.8, 4) is 0 Å². The lowest BCUT2D eigenvalue weighted by Gasteiger charge is -2.37. The van der Waals surface area contributed by atoms with Gasteiger partial charge in [0.25, 0.3) is 0 Å². The third-order valence-electron chi connectivity index (χ3n) is 3.36. The normalized spacial score (nSPS) is 25.7. The first-order valence-corrected chi connectivity index (χ1v) is 6.82. The van der Waals surface area contributed by atoms with Crippen LogP contribution in [0.4, 0.5) is 0 Å². The largest absolute Gasteiger partial charge is 0.379 e. The van der Waals surface area contributed by atoms with Crippen molar-refractivity contribution in [3.63, 3.8) is 0 Å². The fraction of sp³-hybridized carbons (Fsp3) is 0.833. The summed E-state index contributed by atoms with van der Waals surface area (Å²) in [5, 5.41) is 2.62. The SMILES string of the molecule is COC1CN(C(=O)C(CS)NC(C)=O)CCC1C. The first-order valence-electron chi connectivity index (χ1n) is 6.19. The van der Waals surface area contributed by atoms with E-state index in [1.165, 1.54) is 6.92 Å². The standard InChI is InChI=1S/C12H22N2O3S/c1-8-4-5-14(6-11(8)17-3)12(16)10(7-18)13-9(2)15/h8,10-11,18H,4-7H2,1-3H3,(H,13,15). The van der Waals surface area contributed by atoms with Gasteiger partial charge >= 0.3 is 0 Å². The third-order valence-corrected chi connectivity index (χ3v) is 3.73. The number of hydrogen-bond acceptors (Lipinski definition) is 4. The summed E-state index contributed by atoms with van der Waals surface area (Å²) in [5.74, 6) is 0.474. The summed E-state index contributed by atoms with van der Waals surface area (Å²) >= 11 is 4.12. The summed E-state index contributed by atoms with van der Waals surface area (Å²) in [6.07, 6.45) is 0.990. The van der Waals surface area contributed by atoms with E-state index in [1.807, 2.05) is 0 Å². The quantitative estimate of drug-likeness (QED) is 0.725. The molecule has 18 heavy (non-hydrogen) atoms. The Labute approximate surface area is 114 Å². The molecule has 0 aromatic carbocycles. The molecule has 5 nitrogen and oxygen atoms in total. The predicted molar refractivity (Wildman–Crippen MR) is 72.6 cm³/mol. The van der Waals surface area contributed by atoms with Crippen molar-refractivity contribution in [2.45, 2.75) is 32.4 Å². The van der Waals surface area contributed by atoms with Gasteiger partial charge in [-0.1, -0.05) is 6.92 Å². The fourth-order valence-electron chi connectivity index (χ4n) is 2.19. The van der Waals surface area contributed by atoms with E-state index in [2.05, 4.69) is 24.9 Å². The number of rotatable bonds is 4. The highest BCUT2D eigenvalue weighted by molar-refractivity contribution is 7.80. The Hall–Kier alpha value is -0.750. The number of ether oxygens (including phenoxy) is 1. The number of nitrogens with one attached hydrogen (secondary N) is 1. The van der Waals surface area contributed by atoms with Crippen LogP contribution in [0, 0.1) is 5.92 Å². The second kappa shape index (κ2) is 6.99. The number of methoxy groups -OCH3 is 1. The van der Waals surface area contributed by atoms with Gasteiger partial charge in [0, 0.05) is 32.9 Å². The van der Waals surface area contributed by atoms with Crippen molar-refractivity contribution < 1.29 is 14.3 Å². The van der Waals surface area contributed by atoms with Gasteiger partial charge in [0.2, 0.25) is 11.8 Å². The molecule has 1 fully saturated rings. The average Bonchev–Trinajstić information content (AvgIpc) is 2.35. The van der Waals surface area contributed by atoms with Crippen LogP contribution in [0.15, 0.2) is 0 Å². The number of carbonyl (C=O) groups excluding carboxylic acids is 2. The van der Waals surface area contributed by atoms with E-state index in [4.69, 9.17) is 4.74 Å². The molecule has 1 rings (SSSR count). The molecule has 0 bridgehead atoms. The first kappa shape index (κ1) is 15.3. The van der Waals surface area contributed by atoms with Crippen molar-refractivity contribution >= 4 is 24.4 Å². The van der Waals surface area contributed by atoms with Crippen molar-refractivity contribution in [2.24, 2.45) is 5.92 Å². The van der Waals surface area contributed by atoms with E-state index in [9.17, 15) is 9.59 Å². The Morgan fingerprint density at radius 2 is 2.22 bits per heavy atom. The van der Waals surface area contributed by atoms with Crippen LogP contribution in [-0.4, -0.2) is 54.8 Å². The molecule has 0 aromatic rings. The van der Waals surface area contributed by atoms with E-state index in [0.29, 0.717) is 24.8 Å².